The van der Waals surface area contributed by atoms with E-state index < -0.39 is 0 Å². The third-order valence-electron chi connectivity index (χ3n) is 3.91. The standard InChI is InChI=1S/C14H22N2/c1-10-11(5-4-6-13(10)15)8-16-9-12-7-14(12,2)3/h4-6,12,16H,7-9,15H2,1-3H3. The Bertz CT molecular complexity index is 382. The highest BCUT2D eigenvalue weighted by Crippen LogP contribution is 2.50. The highest BCUT2D eigenvalue weighted by molar-refractivity contribution is 5.49. The minimum Gasteiger partial charge on any atom is -0.399 e. The molecule has 1 atom stereocenters. The normalized spacial score (nSPS) is 22.1. The van der Waals surface area contributed by atoms with Crippen molar-refractivity contribution in [3.63, 3.8) is 0 Å². The van der Waals surface area contributed by atoms with Crippen molar-refractivity contribution in [2.24, 2.45) is 11.3 Å². The van der Waals surface area contributed by atoms with Crippen molar-refractivity contribution < 1.29 is 0 Å². The second-order valence-corrected chi connectivity index (χ2v) is 5.65. The van der Waals surface area contributed by atoms with Crippen LogP contribution in [0.5, 0.6) is 0 Å². The van der Waals surface area contributed by atoms with Crippen molar-refractivity contribution in [3.8, 4) is 0 Å². The van der Waals surface area contributed by atoms with Crippen LogP contribution in [0.25, 0.3) is 0 Å². The maximum atomic E-state index is 5.88. The van der Waals surface area contributed by atoms with Gasteiger partial charge in [0.05, 0.1) is 0 Å². The Hall–Kier alpha value is -1.02. The van der Waals surface area contributed by atoms with Crippen LogP contribution in [0.2, 0.25) is 0 Å². The molecule has 2 rings (SSSR count). The number of benzene rings is 1. The van der Waals surface area contributed by atoms with Gasteiger partial charge in [-0.1, -0.05) is 26.0 Å². The summed E-state index contributed by atoms with van der Waals surface area (Å²) in [5.41, 5.74) is 9.87. The van der Waals surface area contributed by atoms with Gasteiger partial charge in [-0.3, -0.25) is 0 Å². The van der Waals surface area contributed by atoms with Crippen molar-refractivity contribution in [2.75, 3.05) is 12.3 Å². The van der Waals surface area contributed by atoms with E-state index in [0.717, 1.165) is 24.7 Å². The van der Waals surface area contributed by atoms with Crippen LogP contribution >= 0.6 is 0 Å². The molecule has 0 amide bonds. The maximum Gasteiger partial charge on any atom is 0.0346 e. The molecule has 1 aromatic rings. The lowest BCUT2D eigenvalue weighted by Crippen LogP contribution is -2.18. The van der Waals surface area contributed by atoms with Gasteiger partial charge in [-0.15, -0.1) is 0 Å². The van der Waals surface area contributed by atoms with Gasteiger partial charge in [0.25, 0.3) is 0 Å². The van der Waals surface area contributed by atoms with Gasteiger partial charge in [0.1, 0.15) is 0 Å². The van der Waals surface area contributed by atoms with Crippen molar-refractivity contribution in [3.05, 3.63) is 29.3 Å². The molecule has 3 N–H and O–H groups in total. The Labute approximate surface area is 98.2 Å². The monoisotopic (exact) mass is 218 g/mol. The van der Waals surface area contributed by atoms with Crippen LogP contribution in [0.1, 0.15) is 31.4 Å². The Kier molecular flexibility index (Phi) is 2.94. The van der Waals surface area contributed by atoms with Gasteiger partial charge in [0.15, 0.2) is 0 Å². The number of hydrogen-bond acceptors (Lipinski definition) is 2. The van der Waals surface area contributed by atoms with E-state index in [1.54, 1.807) is 0 Å². The van der Waals surface area contributed by atoms with Gasteiger partial charge >= 0.3 is 0 Å². The van der Waals surface area contributed by atoms with Crippen molar-refractivity contribution in [1.29, 1.82) is 0 Å². The summed E-state index contributed by atoms with van der Waals surface area (Å²) >= 11 is 0. The van der Waals surface area contributed by atoms with E-state index in [1.807, 2.05) is 12.1 Å². The molecule has 1 aliphatic carbocycles. The first-order chi connectivity index (χ1) is 7.50. The third kappa shape index (κ3) is 2.38. The lowest BCUT2D eigenvalue weighted by atomic mass is 10.1. The molecule has 2 nitrogen and oxygen atoms in total. The molecule has 1 aliphatic rings. The molecule has 88 valence electrons. The zero-order valence-corrected chi connectivity index (χ0v) is 10.5. The third-order valence-corrected chi connectivity index (χ3v) is 3.91. The summed E-state index contributed by atoms with van der Waals surface area (Å²) in [5.74, 6) is 0.855. The fourth-order valence-corrected chi connectivity index (χ4v) is 2.20. The highest BCUT2D eigenvalue weighted by atomic mass is 14.9. The smallest absolute Gasteiger partial charge is 0.0346 e. The fraction of sp³-hybridized carbons (Fsp3) is 0.571. The molecular weight excluding hydrogens is 196 g/mol. The second kappa shape index (κ2) is 4.10. The molecule has 1 saturated carbocycles. The SMILES string of the molecule is Cc1c(N)cccc1CNCC1CC1(C)C. The number of hydrogen-bond donors (Lipinski definition) is 2. The van der Waals surface area contributed by atoms with E-state index in [1.165, 1.54) is 17.5 Å². The minimum atomic E-state index is 0.567. The lowest BCUT2D eigenvalue weighted by molar-refractivity contribution is 0.519. The molecule has 0 saturated heterocycles. The fourth-order valence-electron chi connectivity index (χ4n) is 2.20. The van der Waals surface area contributed by atoms with Crippen LogP contribution in [0.15, 0.2) is 18.2 Å². The molecule has 0 bridgehead atoms. The summed E-state index contributed by atoms with van der Waals surface area (Å²) < 4.78 is 0. The number of nitrogen functional groups attached to an aromatic ring is 1. The predicted octanol–water partition coefficient (Wildman–Crippen LogP) is 2.71. The first-order valence-electron chi connectivity index (χ1n) is 6.05. The first kappa shape index (κ1) is 11.5. The van der Waals surface area contributed by atoms with Crippen LogP contribution in [-0.2, 0) is 6.54 Å². The Morgan fingerprint density at radius 2 is 2.12 bits per heavy atom. The molecule has 1 aromatic carbocycles. The van der Waals surface area contributed by atoms with Crippen LogP contribution in [0.4, 0.5) is 5.69 Å². The zero-order valence-electron chi connectivity index (χ0n) is 10.5. The van der Waals surface area contributed by atoms with E-state index in [0.29, 0.717) is 5.41 Å². The summed E-state index contributed by atoms with van der Waals surface area (Å²) in [6, 6.07) is 6.14. The predicted molar refractivity (Wildman–Crippen MR) is 69.2 cm³/mol. The Morgan fingerprint density at radius 3 is 2.75 bits per heavy atom. The Balaban J connectivity index is 1.84. The van der Waals surface area contributed by atoms with E-state index >= 15 is 0 Å². The van der Waals surface area contributed by atoms with Gasteiger partial charge < -0.3 is 11.1 Å². The second-order valence-electron chi connectivity index (χ2n) is 5.65. The maximum absolute atomic E-state index is 5.88. The molecule has 0 radical (unpaired) electrons. The number of rotatable bonds is 4. The molecule has 16 heavy (non-hydrogen) atoms. The Morgan fingerprint density at radius 1 is 1.44 bits per heavy atom. The molecule has 0 heterocycles. The van der Waals surface area contributed by atoms with E-state index in [-0.39, 0.29) is 0 Å². The summed E-state index contributed by atoms with van der Waals surface area (Å²) in [6.45, 7) is 8.83. The molecule has 1 unspecified atom stereocenters. The van der Waals surface area contributed by atoms with Crippen LogP contribution in [0, 0.1) is 18.3 Å². The molecule has 2 heteroatoms. The zero-order chi connectivity index (χ0) is 11.8. The molecular formula is C14H22N2. The van der Waals surface area contributed by atoms with Crippen molar-refractivity contribution >= 4 is 5.69 Å². The van der Waals surface area contributed by atoms with Gasteiger partial charge in [0.2, 0.25) is 0 Å². The minimum absolute atomic E-state index is 0.567. The topological polar surface area (TPSA) is 38.0 Å². The summed E-state index contributed by atoms with van der Waals surface area (Å²) in [4.78, 5) is 0. The van der Waals surface area contributed by atoms with Crippen LogP contribution < -0.4 is 11.1 Å². The first-order valence-corrected chi connectivity index (χ1v) is 6.05. The highest BCUT2D eigenvalue weighted by Gasteiger charge is 2.44. The van der Waals surface area contributed by atoms with E-state index in [9.17, 15) is 0 Å². The lowest BCUT2D eigenvalue weighted by Gasteiger charge is -2.10. The largest absolute Gasteiger partial charge is 0.399 e. The average Bonchev–Trinajstić information content (AvgIpc) is 2.81. The summed E-state index contributed by atoms with van der Waals surface area (Å²) in [5, 5.41) is 3.53. The molecule has 0 aromatic heterocycles. The molecule has 0 aliphatic heterocycles. The molecule has 0 spiro atoms. The summed E-state index contributed by atoms with van der Waals surface area (Å²) in [7, 11) is 0. The van der Waals surface area contributed by atoms with Crippen LogP contribution in [-0.4, -0.2) is 6.54 Å². The quantitative estimate of drug-likeness (QED) is 0.763. The van der Waals surface area contributed by atoms with Crippen molar-refractivity contribution in [2.45, 2.75) is 33.7 Å². The van der Waals surface area contributed by atoms with E-state index in [2.05, 4.69) is 32.2 Å². The van der Waals surface area contributed by atoms with Gasteiger partial charge in [-0.25, -0.2) is 0 Å². The molecule has 1 fully saturated rings. The number of anilines is 1. The van der Waals surface area contributed by atoms with Gasteiger partial charge in [-0.05, 0) is 48.4 Å². The summed E-state index contributed by atoms with van der Waals surface area (Å²) in [6.07, 6.45) is 1.36. The number of nitrogens with one attached hydrogen (secondary N) is 1. The van der Waals surface area contributed by atoms with E-state index in [4.69, 9.17) is 5.73 Å². The number of nitrogens with two attached hydrogens (primary N) is 1. The van der Waals surface area contributed by atoms with Crippen LogP contribution in [0.3, 0.4) is 0 Å². The van der Waals surface area contributed by atoms with Gasteiger partial charge in [0, 0.05) is 12.2 Å². The van der Waals surface area contributed by atoms with Gasteiger partial charge in [-0.2, -0.15) is 0 Å². The van der Waals surface area contributed by atoms with Crippen molar-refractivity contribution in [1.82, 2.24) is 5.32 Å². The average molecular weight is 218 g/mol.